The van der Waals surface area contributed by atoms with Crippen LogP contribution in [0.2, 0.25) is 10.0 Å². The van der Waals surface area contributed by atoms with Crippen molar-refractivity contribution in [3.63, 3.8) is 0 Å². The fourth-order valence-electron chi connectivity index (χ4n) is 2.49. The van der Waals surface area contributed by atoms with Gasteiger partial charge in [0.15, 0.2) is 0 Å². The molecule has 0 saturated carbocycles. The summed E-state index contributed by atoms with van der Waals surface area (Å²) in [4.78, 5) is 18.7. The minimum atomic E-state index is -0.305. The molecule has 0 unspecified atom stereocenters. The molecular formula is C20H16Cl2N2O3. The fourth-order valence-corrected chi connectivity index (χ4v) is 2.81. The number of anilines is 1. The molecule has 0 aliphatic heterocycles. The van der Waals surface area contributed by atoms with E-state index in [2.05, 4.69) is 4.98 Å². The normalized spacial score (nSPS) is 10.4. The third kappa shape index (κ3) is 4.15. The van der Waals surface area contributed by atoms with Gasteiger partial charge < -0.3 is 14.4 Å². The first-order valence-corrected chi connectivity index (χ1v) is 8.76. The number of ether oxygens (including phenoxy) is 2. The summed E-state index contributed by atoms with van der Waals surface area (Å²) in [5.41, 5.74) is 0.905. The second-order valence-corrected chi connectivity index (χ2v) is 6.41. The van der Waals surface area contributed by atoms with Crippen molar-refractivity contribution < 1.29 is 14.3 Å². The molecule has 3 rings (SSSR count). The first-order chi connectivity index (χ1) is 13.0. The highest BCUT2D eigenvalue weighted by Crippen LogP contribution is 2.34. The van der Waals surface area contributed by atoms with E-state index in [1.807, 2.05) is 12.1 Å². The third-order valence-electron chi connectivity index (χ3n) is 3.85. The van der Waals surface area contributed by atoms with Crippen LogP contribution in [0.1, 0.15) is 10.4 Å². The summed E-state index contributed by atoms with van der Waals surface area (Å²) in [6, 6.07) is 15.4. The van der Waals surface area contributed by atoms with Gasteiger partial charge in [-0.1, -0.05) is 35.3 Å². The van der Waals surface area contributed by atoms with Gasteiger partial charge >= 0.3 is 0 Å². The SMILES string of the molecule is COc1ccccc1N(C)C(=O)c1cccnc1Oc1cc(Cl)ccc1Cl. The van der Waals surface area contributed by atoms with Crippen LogP contribution in [0.4, 0.5) is 5.69 Å². The summed E-state index contributed by atoms with van der Waals surface area (Å²) >= 11 is 12.2. The van der Waals surface area contributed by atoms with Crippen molar-refractivity contribution in [2.24, 2.45) is 0 Å². The number of methoxy groups -OCH3 is 1. The summed E-state index contributed by atoms with van der Waals surface area (Å²) < 4.78 is 11.1. The molecule has 5 nitrogen and oxygen atoms in total. The number of hydrogen-bond acceptors (Lipinski definition) is 4. The van der Waals surface area contributed by atoms with Crippen LogP contribution in [0, 0.1) is 0 Å². The van der Waals surface area contributed by atoms with Crippen molar-refractivity contribution in [1.29, 1.82) is 0 Å². The highest BCUT2D eigenvalue weighted by Gasteiger charge is 2.22. The van der Waals surface area contributed by atoms with E-state index in [0.717, 1.165) is 0 Å². The zero-order valence-corrected chi connectivity index (χ0v) is 16.2. The van der Waals surface area contributed by atoms with Gasteiger partial charge in [-0.05, 0) is 36.4 Å². The Labute approximate surface area is 167 Å². The minimum absolute atomic E-state index is 0.133. The number of pyridine rings is 1. The van der Waals surface area contributed by atoms with E-state index < -0.39 is 0 Å². The molecule has 138 valence electrons. The second-order valence-electron chi connectivity index (χ2n) is 5.57. The molecule has 0 aliphatic rings. The number of rotatable bonds is 5. The van der Waals surface area contributed by atoms with Crippen LogP contribution in [0.25, 0.3) is 0 Å². The Morgan fingerprint density at radius 2 is 1.81 bits per heavy atom. The standard InChI is InChI=1S/C20H16Cl2N2O3/c1-24(16-7-3-4-8-17(16)26-2)20(25)14-6-5-11-23-19(14)27-18-12-13(21)9-10-15(18)22/h3-12H,1-2H3. The van der Waals surface area contributed by atoms with E-state index in [0.29, 0.717) is 27.2 Å². The zero-order chi connectivity index (χ0) is 19.4. The van der Waals surface area contributed by atoms with E-state index >= 15 is 0 Å². The van der Waals surface area contributed by atoms with Crippen LogP contribution in [-0.4, -0.2) is 25.0 Å². The topological polar surface area (TPSA) is 51.7 Å². The van der Waals surface area contributed by atoms with Crippen LogP contribution in [-0.2, 0) is 0 Å². The Balaban J connectivity index is 1.95. The molecule has 1 aromatic heterocycles. The van der Waals surface area contributed by atoms with Crippen LogP contribution in [0.5, 0.6) is 17.4 Å². The van der Waals surface area contributed by atoms with Crippen molar-refractivity contribution in [1.82, 2.24) is 4.98 Å². The number of halogens is 2. The highest BCUT2D eigenvalue weighted by molar-refractivity contribution is 6.34. The lowest BCUT2D eigenvalue weighted by Crippen LogP contribution is -2.27. The first kappa shape index (κ1) is 19.0. The Bertz CT molecular complexity index is 979. The van der Waals surface area contributed by atoms with Gasteiger partial charge in [0.1, 0.15) is 17.1 Å². The van der Waals surface area contributed by atoms with Crippen molar-refractivity contribution in [2.75, 3.05) is 19.1 Å². The lowest BCUT2D eigenvalue weighted by atomic mass is 10.2. The molecule has 27 heavy (non-hydrogen) atoms. The number of para-hydroxylation sites is 2. The molecule has 2 aromatic carbocycles. The maximum absolute atomic E-state index is 13.1. The lowest BCUT2D eigenvalue weighted by Gasteiger charge is -2.21. The number of aromatic nitrogens is 1. The number of carbonyl (C=O) groups is 1. The van der Waals surface area contributed by atoms with Gasteiger partial charge in [-0.25, -0.2) is 4.98 Å². The molecule has 0 aliphatic carbocycles. The summed E-state index contributed by atoms with van der Waals surface area (Å²) in [5, 5.41) is 0.825. The van der Waals surface area contributed by atoms with Crippen molar-refractivity contribution in [3.8, 4) is 17.4 Å². The molecule has 3 aromatic rings. The van der Waals surface area contributed by atoms with Crippen LogP contribution < -0.4 is 14.4 Å². The summed E-state index contributed by atoms with van der Waals surface area (Å²) in [5.74, 6) is 0.726. The number of nitrogens with zero attached hydrogens (tertiary/aromatic N) is 2. The minimum Gasteiger partial charge on any atom is -0.495 e. The highest BCUT2D eigenvalue weighted by atomic mass is 35.5. The van der Waals surface area contributed by atoms with Gasteiger partial charge in [-0.15, -0.1) is 0 Å². The molecule has 0 spiro atoms. The zero-order valence-electron chi connectivity index (χ0n) is 14.6. The number of hydrogen-bond donors (Lipinski definition) is 0. The van der Waals surface area contributed by atoms with Crippen molar-refractivity contribution in [3.05, 3.63) is 76.4 Å². The van der Waals surface area contributed by atoms with Gasteiger partial charge in [0.05, 0.1) is 17.8 Å². The Morgan fingerprint density at radius 3 is 2.59 bits per heavy atom. The van der Waals surface area contributed by atoms with E-state index in [1.54, 1.807) is 56.6 Å². The molecule has 1 amide bonds. The van der Waals surface area contributed by atoms with E-state index in [4.69, 9.17) is 32.7 Å². The number of benzene rings is 2. The quantitative estimate of drug-likeness (QED) is 0.567. The molecule has 0 radical (unpaired) electrons. The molecule has 7 heteroatoms. The molecule has 1 heterocycles. The third-order valence-corrected chi connectivity index (χ3v) is 4.40. The second kappa shape index (κ2) is 8.29. The predicted octanol–water partition coefficient (Wildman–Crippen LogP) is 5.47. The number of amides is 1. The molecule has 0 saturated heterocycles. The van der Waals surface area contributed by atoms with Gasteiger partial charge in [-0.2, -0.15) is 0 Å². The summed E-state index contributed by atoms with van der Waals surface area (Å²) in [7, 11) is 3.21. The summed E-state index contributed by atoms with van der Waals surface area (Å²) in [6.45, 7) is 0. The molecule has 0 bridgehead atoms. The maximum Gasteiger partial charge on any atom is 0.263 e. The predicted molar refractivity (Wildman–Crippen MR) is 107 cm³/mol. The average molecular weight is 403 g/mol. The van der Waals surface area contributed by atoms with Crippen LogP contribution in [0.15, 0.2) is 60.8 Å². The Hall–Kier alpha value is -2.76. The Kier molecular flexibility index (Phi) is 5.84. The molecule has 0 atom stereocenters. The Morgan fingerprint density at radius 1 is 1.04 bits per heavy atom. The fraction of sp³-hybridized carbons (Fsp3) is 0.100. The summed E-state index contributed by atoms with van der Waals surface area (Å²) in [6.07, 6.45) is 1.54. The molecular weight excluding hydrogens is 387 g/mol. The molecule has 0 N–H and O–H groups in total. The first-order valence-electron chi connectivity index (χ1n) is 8.00. The van der Waals surface area contributed by atoms with Crippen molar-refractivity contribution >= 4 is 34.8 Å². The largest absolute Gasteiger partial charge is 0.495 e. The monoisotopic (exact) mass is 402 g/mol. The van der Waals surface area contributed by atoms with Gasteiger partial charge in [0, 0.05) is 24.3 Å². The van der Waals surface area contributed by atoms with E-state index in [9.17, 15) is 4.79 Å². The smallest absolute Gasteiger partial charge is 0.263 e. The van der Waals surface area contributed by atoms with Crippen molar-refractivity contribution in [2.45, 2.75) is 0 Å². The van der Waals surface area contributed by atoms with Gasteiger partial charge in [0.25, 0.3) is 5.91 Å². The number of carbonyl (C=O) groups excluding carboxylic acids is 1. The maximum atomic E-state index is 13.1. The van der Waals surface area contributed by atoms with Crippen LogP contribution >= 0.6 is 23.2 Å². The molecule has 0 fully saturated rings. The average Bonchev–Trinajstić information content (AvgIpc) is 2.70. The van der Waals surface area contributed by atoms with E-state index in [-0.39, 0.29) is 17.4 Å². The van der Waals surface area contributed by atoms with Crippen LogP contribution in [0.3, 0.4) is 0 Å². The van der Waals surface area contributed by atoms with Gasteiger partial charge in [-0.3, -0.25) is 4.79 Å². The lowest BCUT2D eigenvalue weighted by molar-refractivity contribution is 0.0989. The van der Waals surface area contributed by atoms with E-state index in [1.165, 1.54) is 11.1 Å². The van der Waals surface area contributed by atoms with Gasteiger partial charge in [0.2, 0.25) is 5.88 Å².